The normalized spacial score (nSPS) is 14.2. The van der Waals surface area contributed by atoms with Crippen LogP contribution >= 0.6 is 0 Å². The van der Waals surface area contributed by atoms with Crippen molar-refractivity contribution in [1.29, 1.82) is 0 Å². The third-order valence-corrected chi connectivity index (χ3v) is 8.89. The predicted octanol–water partition coefficient (Wildman–Crippen LogP) is 3.51. The maximum atomic E-state index is 11.7. The summed E-state index contributed by atoms with van der Waals surface area (Å²) in [4.78, 5) is 0. The van der Waals surface area contributed by atoms with Crippen LogP contribution in [0.15, 0.2) is 46.9 Å². The number of fused-ring (bicyclic) bond motifs is 3. The van der Waals surface area contributed by atoms with Gasteiger partial charge >= 0.3 is 9.15 Å². The number of hydrogen-bond donors (Lipinski definition) is 1. The van der Waals surface area contributed by atoms with Crippen LogP contribution in [0, 0.1) is 0 Å². The molecule has 0 aliphatic heterocycles. The summed E-state index contributed by atoms with van der Waals surface area (Å²) in [5, 5.41) is 0.817. The summed E-state index contributed by atoms with van der Waals surface area (Å²) in [5.74, 6) is 0. The molecular weight excluding hydrogens is 364 g/mol. The lowest BCUT2D eigenvalue weighted by atomic mass is 10.0. The van der Waals surface area contributed by atoms with Crippen LogP contribution in [-0.4, -0.2) is 26.6 Å². The van der Waals surface area contributed by atoms with Crippen LogP contribution in [0.1, 0.15) is 25.3 Å². The van der Waals surface area contributed by atoms with Gasteiger partial charge in [-0.05, 0) is 43.9 Å². The lowest BCUT2D eigenvalue weighted by molar-refractivity contribution is 0.490. The van der Waals surface area contributed by atoms with Crippen LogP contribution in [-0.2, 0) is 24.4 Å². The predicted molar refractivity (Wildman–Crippen MR) is 96.6 cm³/mol. The minimum absolute atomic E-state index is 0.133. The first kappa shape index (κ1) is 17.9. The maximum Gasteiger partial charge on any atom is 0.372 e. The molecule has 0 aliphatic rings. The lowest BCUT2D eigenvalue weighted by Gasteiger charge is -2.10. The van der Waals surface area contributed by atoms with Crippen molar-refractivity contribution in [1.82, 2.24) is 0 Å². The molecule has 1 heterocycles. The molecule has 134 valence electrons. The van der Waals surface area contributed by atoms with Crippen molar-refractivity contribution in [2.24, 2.45) is 0 Å². The molecular formula is C17H18O6S2. The molecule has 1 aromatic heterocycles. The van der Waals surface area contributed by atoms with Gasteiger partial charge in [-0.3, -0.25) is 4.55 Å². The zero-order chi connectivity index (χ0) is 18.2. The molecule has 0 radical (unpaired) electrons. The number of para-hydroxylation sites is 1. The van der Waals surface area contributed by atoms with Gasteiger partial charge in [-0.25, -0.2) is 8.42 Å². The van der Waals surface area contributed by atoms with Gasteiger partial charge in [0.25, 0.3) is 8.87 Å². The Morgan fingerprint density at radius 1 is 1.00 bits per heavy atom. The van der Waals surface area contributed by atoms with E-state index in [4.69, 9.17) is 8.97 Å². The smallest absolute Gasteiger partial charge is 0.372 e. The number of rotatable bonds is 6. The summed E-state index contributed by atoms with van der Waals surface area (Å²) in [6.07, 6.45) is 1.18. The van der Waals surface area contributed by atoms with E-state index in [1.54, 1.807) is 0 Å². The Labute approximate surface area is 145 Å². The molecule has 3 rings (SSSR count). The second kappa shape index (κ2) is 6.44. The minimum atomic E-state index is -5.09. The van der Waals surface area contributed by atoms with Crippen molar-refractivity contribution in [2.45, 2.75) is 31.4 Å². The summed E-state index contributed by atoms with van der Waals surface area (Å²) < 4.78 is 60.0. The Kier molecular flexibility index (Phi) is 4.61. The molecule has 0 saturated heterocycles. The van der Waals surface area contributed by atoms with Gasteiger partial charge in [0, 0.05) is 10.8 Å². The zero-order valence-electron chi connectivity index (χ0n) is 13.5. The van der Waals surface area contributed by atoms with E-state index in [2.05, 4.69) is 0 Å². The standard InChI is InChI=1S/C17H18O6S2/c1-12(24(18,19)25(20,21)22)6-4-7-13-8-5-11-16-17(13)14-9-2-3-10-15(14)23-16/h2-3,5,8-12H,4,6-7H2,1H3,(H,20,21,22). The van der Waals surface area contributed by atoms with E-state index in [0.717, 1.165) is 27.5 Å². The molecule has 8 heteroatoms. The van der Waals surface area contributed by atoms with Crippen LogP contribution < -0.4 is 0 Å². The fraction of sp³-hybridized carbons (Fsp3) is 0.294. The molecule has 0 amide bonds. The van der Waals surface area contributed by atoms with Crippen LogP contribution in [0.25, 0.3) is 21.9 Å². The number of hydrogen-bond acceptors (Lipinski definition) is 5. The van der Waals surface area contributed by atoms with Gasteiger partial charge < -0.3 is 4.42 Å². The number of aryl methyl sites for hydroxylation is 1. The van der Waals surface area contributed by atoms with E-state index < -0.39 is 23.3 Å². The highest BCUT2D eigenvalue weighted by atomic mass is 33.2. The number of furan rings is 1. The molecule has 1 unspecified atom stereocenters. The zero-order valence-corrected chi connectivity index (χ0v) is 15.2. The Morgan fingerprint density at radius 2 is 1.68 bits per heavy atom. The summed E-state index contributed by atoms with van der Waals surface area (Å²) in [6, 6.07) is 13.4. The van der Waals surface area contributed by atoms with E-state index in [1.807, 2.05) is 42.5 Å². The fourth-order valence-corrected chi connectivity index (χ4v) is 5.39. The van der Waals surface area contributed by atoms with E-state index in [-0.39, 0.29) is 6.42 Å². The molecule has 0 fully saturated rings. The first-order valence-corrected chi connectivity index (χ1v) is 11.3. The first-order valence-electron chi connectivity index (χ1n) is 7.82. The van der Waals surface area contributed by atoms with Gasteiger partial charge in [-0.15, -0.1) is 0 Å². The molecule has 0 aliphatic carbocycles. The van der Waals surface area contributed by atoms with E-state index in [9.17, 15) is 16.8 Å². The van der Waals surface area contributed by atoms with Crippen molar-refractivity contribution >= 4 is 40.0 Å². The number of benzene rings is 2. The third-order valence-electron chi connectivity index (χ3n) is 4.33. The molecule has 0 saturated carbocycles. The third kappa shape index (κ3) is 3.29. The molecule has 0 bridgehead atoms. The fourth-order valence-electron chi connectivity index (χ4n) is 2.99. The highest BCUT2D eigenvalue weighted by molar-refractivity contribution is 8.65. The van der Waals surface area contributed by atoms with Gasteiger partial charge in [-0.1, -0.05) is 30.3 Å². The Bertz CT molecular complexity index is 1130. The second-order valence-corrected chi connectivity index (χ2v) is 11.3. The van der Waals surface area contributed by atoms with Crippen LogP contribution in [0.3, 0.4) is 0 Å². The maximum absolute atomic E-state index is 11.7. The topological polar surface area (TPSA) is 102 Å². The van der Waals surface area contributed by atoms with E-state index >= 15 is 0 Å². The van der Waals surface area contributed by atoms with Crippen molar-refractivity contribution in [2.75, 3.05) is 0 Å². The SMILES string of the molecule is CC(CCCc1cccc2oc3ccccc3c12)S(=O)(=O)S(=O)(=O)O. The quantitative estimate of drug-likeness (QED) is 0.517. The first-order chi connectivity index (χ1) is 11.7. The Hall–Kier alpha value is -1.90. The Balaban J connectivity index is 1.83. The van der Waals surface area contributed by atoms with Crippen molar-refractivity contribution < 1.29 is 25.8 Å². The molecule has 1 N–H and O–H groups in total. The molecule has 2 aromatic carbocycles. The summed E-state index contributed by atoms with van der Waals surface area (Å²) in [5.41, 5.74) is 2.56. The van der Waals surface area contributed by atoms with Crippen molar-refractivity contribution in [3.8, 4) is 0 Å². The molecule has 3 aromatic rings. The van der Waals surface area contributed by atoms with Gasteiger partial charge in [0.05, 0.1) is 5.25 Å². The average molecular weight is 382 g/mol. The van der Waals surface area contributed by atoms with Crippen LogP contribution in [0.5, 0.6) is 0 Å². The summed E-state index contributed by atoms with van der Waals surface area (Å²) >= 11 is 0. The minimum Gasteiger partial charge on any atom is -0.456 e. The van der Waals surface area contributed by atoms with Crippen molar-refractivity contribution in [3.63, 3.8) is 0 Å². The molecule has 6 nitrogen and oxygen atoms in total. The molecule has 1 atom stereocenters. The van der Waals surface area contributed by atoms with Crippen molar-refractivity contribution in [3.05, 3.63) is 48.0 Å². The monoisotopic (exact) mass is 382 g/mol. The largest absolute Gasteiger partial charge is 0.456 e. The second-order valence-electron chi connectivity index (χ2n) is 6.01. The van der Waals surface area contributed by atoms with Gasteiger partial charge in [0.2, 0.25) is 0 Å². The van der Waals surface area contributed by atoms with Crippen LogP contribution in [0.4, 0.5) is 0 Å². The van der Waals surface area contributed by atoms with Crippen LogP contribution in [0.2, 0.25) is 0 Å². The lowest BCUT2D eigenvalue weighted by Crippen LogP contribution is -2.25. The highest BCUT2D eigenvalue weighted by Crippen LogP contribution is 2.32. The van der Waals surface area contributed by atoms with Gasteiger partial charge in [0.15, 0.2) is 0 Å². The van der Waals surface area contributed by atoms with E-state index in [0.29, 0.717) is 12.8 Å². The summed E-state index contributed by atoms with van der Waals surface area (Å²) in [7, 11) is -9.68. The summed E-state index contributed by atoms with van der Waals surface area (Å²) in [6.45, 7) is 1.29. The Morgan fingerprint density at radius 3 is 2.40 bits per heavy atom. The average Bonchev–Trinajstić information content (AvgIpc) is 2.93. The van der Waals surface area contributed by atoms with Gasteiger partial charge in [-0.2, -0.15) is 8.42 Å². The molecule has 25 heavy (non-hydrogen) atoms. The highest BCUT2D eigenvalue weighted by Gasteiger charge is 2.33. The molecule has 0 spiro atoms. The van der Waals surface area contributed by atoms with Gasteiger partial charge in [0.1, 0.15) is 11.2 Å². The van der Waals surface area contributed by atoms with E-state index in [1.165, 1.54) is 6.92 Å².